The molecule has 2 aromatic carbocycles. The largest absolute Gasteiger partial charge is 0.497 e. The molecule has 0 fully saturated rings. The average molecular weight is 311 g/mol. The molecule has 1 aromatic heterocycles. The summed E-state index contributed by atoms with van der Waals surface area (Å²) in [7, 11) is 3.33. The number of methoxy groups -OCH3 is 2. The first kappa shape index (κ1) is 15.4. The number of benzene rings is 2. The number of fused-ring (bicyclic) bond motifs is 1. The van der Waals surface area contributed by atoms with Crippen molar-refractivity contribution in [1.29, 1.82) is 0 Å². The predicted molar refractivity (Wildman–Crippen MR) is 91.0 cm³/mol. The molecule has 0 saturated carbocycles. The standard InChI is InChI=1S/C19H21NO3/c1-13(20-12-14-7-9-16(21-2)10-8-14)18-11-15-5-4-6-17(22-3)19(15)23-18/h4-11,13,20H,12H2,1-3H3/t13-/m1/s1. The minimum atomic E-state index is 0.106. The third-order valence-electron chi connectivity index (χ3n) is 3.95. The van der Waals surface area contributed by atoms with E-state index in [-0.39, 0.29) is 6.04 Å². The molecule has 0 amide bonds. The number of hydrogen-bond acceptors (Lipinski definition) is 4. The summed E-state index contributed by atoms with van der Waals surface area (Å²) in [6.07, 6.45) is 0. The van der Waals surface area contributed by atoms with Gasteiger partial charge in [0.25, 0.3) is 0 Å². The first-order chi connectivity index (χ1) is 11.2. The number of nitrogens with one attached hydrogen (secondary N) is 1. The lowest BCUT2D eigenvalue weighted by Gasteiger charge is -2.11. The maximum absolute atomic E-state index is 5.97. The van der Waals surface area contributed by atoms with Crippen molar-refractivity contribution in [2.75, 3.05) is 14.2 Å². The molecular formula is C19H21NO3. The summed E-state index contributed by atoms with van der Waals surface area (Å²) in [5.41, 5.74) is 1.99. The Labute approximate surface area is 136 Å². The highest BCUT2D eigenvalue weighted by Crippen LogP contribution is 2.30. The maximum atomic E-state index is 5.97. The Morgan fingerprint density at radius 2 is 1.83 bits per heavy atom. The van der Waals surface area contributed by atoms with E-state index in [0.29, 0.717) is 0 Å². The number of rotatable bonds is 6. The smallest absolute Gasteiger partial charge is 0.176 e. The summed E-state index contributed by atoms with van der Waals surface area (Å²) in [6.45, 7) is 2.85. The molecule has 0 bridgehead atoms. The van der Waals surface area contributed by atoms with E-state index in [1.54, 1.807) is 14.2 Å². The lowest BCUT2D eigenvalue weighted by Crippen LogP contribution is -2.17. The zero-order valence-corrected chi connectivity index (χ0v) is 13.6. The molecule has 0 aliphatic rings. The van der Waals surface area contributed by atoms with E-state index in [0.717, 1.165) is 34.8 Å². The fourth-order valence-corrected chi connectivity index (χ4v) is 2.55. The van der Waals surface area contributed by atoms with Crippen molar-refractivity contribution >= 4 is 11.0 Å². The van der Waals surface area contributed by atoms with Gasteiger partial charge in [0.15, 0.2) is 11.3 Å². The second kappa shape index (κ2) is 6.75. The van der Waals surface area contributed by atoms with Crippen molar-refractivity contribution < 1.29 is 13.9 Å². The van der Waals surface area contributed by atoms with Crippen molar-refractivity contribution in [2.24, 2.45) is 0 Å². The zero-order chi connectivity index (χ0) is 16.2. The maximum Gasteiger partial charge on any atom is 0.176 e. The molecule has 1 N–H and O–H groups in total. The zero-order valence-electron chi connectivity index (χ0n) is 13.6. The van der Waals surface area contributed by atoms with Crippen LogP contribution in [0.2, 0.25) is 0 Å². The molecule has 4 nitrogen and oxygen atoms in total. The molecule has 3 aromatic rings. The van der Waals surface area contributed by atoms with Gasteiger partial charge in [0.2, 0.25) is 0 Å². The fraction of sp³-hybridized carbons (Fsp3) is 0.263. The van der Waals surface area contributed by atoms with Gasteiger partial charge in [-0.1, -0.05) is 24.3 Å². The predicted octanol–water partition coefficient (Wildman–Crippen LogP) is 4.30. The van der Waals surface area contributed by atoms with Gasteiger partial charge in [-0.3, -0.25) is 0 Å². The lowest BCUT2D eigenvalue weighted by molar-refractivity contribution is 0.399. The van der Waals surface area contributed by atoms with Crippen LogP contribution in [-0.4, -0.2) is 14.2 Å². The number of ether oxygens (including phenoxy) is 2. The highest BCUT2D eigenvalue weighted by molar-refractivity contribution is 5.83. The Morgan fingerprint density at radius 3 is 2.52 bits per heavy atom. The summed E-state index contributed by atoms with van der Waals surface area (Å²) in [5.74, 6) is 2.53. The highest BCUT2D eigenvalue weighted by atomic mass is 16.5. The molecule has 0 aliphatic carbocycles. The Bertz CT molecular complexity index is 777. The van der Waals surface area contributed by atoms with Crippen molar-refractivity contribution in [2.45, 2.75) is 19.5 Å². The van der Waals surface area contributed by atoms with E-state index < -0.39 is 0 Å². The van der Waals surface area contributed by atoms with Gasteiger partial charge in [0.1, 0.15) is 11.5 Å². The van der Waals surface area contributed by atoms with Gasteiger partial charge in [0, 0.05) is 11.9 Å². The van der Waals surface area contributed by atoms with Crippen molar-refractivity contribution in [1.82, 2.24) is 5.32 Å². The monoisotopic (exact) mass is 311 g/mol. The molecule has 120 valence electrons. The first-order valence-electron chi connectivity index (χ1n) is 7.64. The topological polar surface area (TPSA) is 43.6 Å². The molecule has 1 heterocycles. The molecule has 0 aliphatic heterocycles. The van der Waals surface area contributed by atoms with E-state index in [4.69, 9.17) is 13.9 Å². The van der Waals surface area contributed by atoms with E-state index in [1.165, 1.54) is 5.56 Å². The van der Waals surface area contributed by atoms with Crippen LogP contribution in [0.3, 0.4) is 0 Å². The van der Waals surface area contributed by atoms with Gasteiger partial charge in [0.05, 0.1) is 20.3 Å². The molecule has 1 atom stereocenters. The van der Waals surface area contributed by atoms with E-state index >= 15 is 0 Å². The first-order valence-corrected chi connectivity index (χ1v) is 7.64. The molecular weight excluding hydrogens is 290 g/mol. The van der Waals surface area contributed by atoms with Crippen molar-refractivity contribution in [3.63, 3.8) is 0 Å². The average Bonchev–Trinajstić information content (AvgIpc) is 3.04. The molecule has 4 heteroatoms. The normalized spacial score (nSPS) is 12.3. The molecule has 23 heavy (non-hydrogen) atoms. The minimum Gasteiger partial charge on any atom is -0.497 e. The molecule has 3 rings (SSSR count). The Kier molecular flexibility index (Phi) is 4.53. The second-order valence-electron chi connectivity index (χ2n) is 5.48. The Morgan fingerprint density at radius 1 is 1.04 bits per heavy atom. The van der Waals surface area contributed by atoms with Gasteiger partial charge in [-0.15, -0.1) is 0 Å². The second-order valence-corrected chi connectivity index (χ2v) is 5.48. The molecule has 0 radical (unpaired) electrons. The summed E-state index contributed by atoms with van der Waals surface area (Å²) in [5, 5.41) is 4.53. The van der Waals surface area contributed by atoms with E-state index in [1.807, 2.05) is 30.3 Å². The summed E-state index contributed by atoms with van der Waals surface area (Å²) < 4.78 is 16.5. The number of furan rings is 1. The van der Waals surface area contributed by atoms with Gasteiger partial charge >= 0.3 is 0 Å². The van der Waals surface area contributed by atoms with Crippen LogP contribution in [0, 0.1) is 0 Å². The van der Waals surface area contributed by atoms with Crippen LogP contribution in [0.1, 0.15) is 24.3 Å². The van der Waals surface area contributed by atoms with E-state index in [2.05, 4.69) is 30.4 Å². The third kappa shape index (κ3) is 3.32. The Balaban J connectivity index is 1.71. The van der Waals surface area contributed by atoms with Crippen LogP contribution in [0.15, 0.2) is 52.9 Å². The van der Waals surface area contributed by atoms with Gasteiger partial charge in [-0.05, 0) is 36.8 Å². The van der Waals surface area contributed by atoms with Crippen LogP contribution in [-0.2, 0) is 6.54 Å². The molecule has 0 spiro atoms. The molecule has 0 saturated heterocycles. The van der Waals surface area contributed by atoms with Gasteiger partial charge in [-0.25, -0.2) is 0 Å². The summed E-state index contributed by atoms with van der Waals surface area (Å²) in [6, 6.07) is 16.1. The SMILES string of the molecule is COc1ccc(CN[C@H](C)c2cc3cccc(OC)c3o2)cc1. The van der Waals surface area contributed by atoms with Crippen LogP contribution >= 0.6 is 0 Å². The minimum absolute atomic E-state index is 0.106. The molecule has 0 unspecified atom stereocenters. The quantitative estimate of drug-likeness (QED) is 0.737. The Hall–Kier alpha value is -2.46. The lowest BCUT2D eigenvalue weighted by atomic mass is 10.2. The fourth-order valence-electron chi connectivity index (χ4n) is 2.55. The summed E-state index contributed by atoms with van der Waals surface area (Å²) in [4.78, 5) is 0. The number of para-hydroxylation sites is 1. The third-order valence-corrected chi connectivity index (χ3v) is 3.95. The number of hydrogen-bond donors (Lipinski definition) is 1. The highest BCUT2D eigenvalue weighted by Gasteiger charge is 2.13. The van der Waals surface area contributed by atoms with Crippen molar-refractivity contribution in [3.8, 4) is 11.5 Å². The van der Waals surface area contributed by atoms with Crippen LogP contribution in [0.25, 0.3) is 11.0 Å². The van der Waals surface area contributed by atoms with Gasteiger partial charge in [-0.2, -0.15) is 0 Å². The van der Waals surface area contributed by atoms with Crippen LogP contribution < -0.4 is 14.8 Å². The van der Waals surface area contributed by atoms with Crippen molar-refractivity contribution in [3.05, 3.63) is 59.9 Å². The van der Waals surface area contributed by atoms with Gasteiger partial charge < -0.3 is 19.2 Å². The van der Waals surface area contributed by atoms with Crippen LogP contribution in [0.4, 0.5) is 0 Å². The summed E-state index contributed by atoms with van der Waals surface area (Å²) >= 11 is 0. The van der Waals surface area contributed by atoms with E-state index in [9.17, 15) is 0 Å². The van der Waals surface area contributed by atoms with Crippen LogP contribution in [0.5, 0.6) is 11.5 Å².